The van der Waals surface area contributed by atoms with Crippen molar-refractivity contribution in [2.75, 3.05) is 7.11 Å². The number of rotatable bonds is 3. The first kappa shape index (κ1) is 13.9. The summed E-state index contributed by atoms with van der Waals surface area (Å²) in [7, 11) is 1.60. The number of carbonyl (C=O) groups excluding carboxylic acids is 1. The molecule has 2 aromatic rings. The van der Waals surface area contributed by atoms with E-state index in [1.807, 2.05) is 6.07 Å². The van der Waals surface area contributed by atoms with Crippen LogP contribution < -0.4 is 4.74 Å². The molecule has 4 heteroatoms. The summed E-state index contributed by atoms with van der Waals surface area (Å²) in [6.45, 7) is 1.49. The average Bonchev–Trinajstić information content (AvgIpc) is 2.38. The lowest BCUT2D eigenvalue weighted by atomic mass is 10.0. The van der Waals surface area contributed by atoms with Crippen molar-refractivity contribution < 1.29 is 9.53 Å². The fourth-order valence-corrected chi connectivity index (χ4v) is 2.36. The van der Waals surface area contributed by atoms with Crippen molar-refractivity contribution in [1.82, 2.24) is 0 Å². The molecule has 0 aliphatic carbocycles. The van der Waals surface area contributed by atoms with Gasteiger partial charge in [-0.15, -0.1) is 0 Å². The third-order valence-corrected chi connectivity index (χ3v) is 3.37. The van der Waals surface area contributed by atoms with Gasteiger partial charge in [-0.2, -0.15) is 0 Å². The Morgan fingerprint density at radius 3 is 2.42 bits per heavy atom. The molecule has 0 bridgehead atoms. The topological polar surface area (TPSA) is 26.3 Å². The molecular weight excluding hydrogens is 283 g/mol. The zero-order valence-corrected chi connectivity index (χ0v) is 12.0. The standard InChI is InChI=1S/C15H12Cl2O2/c1-9(18)12-5-3-10(7-14(12)17)13-8-11(16)4-6-15(13)19-2/h3-8H,1-2H3. The molecule has 0 aliphatic heterocycles. The summed E-state index contributed by atoms with van der Waals surface area (Å²) in [5.74, 6) is 0.644. The van der Waals surface area contributed by atoms with Crippen molar-refractivity contribution in [2.24, 2.45) is 0 Å². The Morgan fingerprint density at radius 2 is 1.84 bits per heavy atom. The van der Waals surface area contributed by atoms with Crippen LogP contribution in [0, 0.1) is 0 Å². The SMILES string of the molecule is COc1ccc(Cl)cc1-c1ccc(C(C)=O)c(Cl)c1. The predicted molar refractivity (Wildman–Crippen MR) is 78.5 cm³/mol. The highest BCUT2D eigenvalue weighted by Gasteiger charge is 2.11. The van der Waals surface area contributed by atoms with Crippen LogP contribution in [0.4, 0.5) is 0 Å². The number of methoxy groups -OCH3 is 1. The van der Waals surface area contributed by atoms with Crippen molar-refractivity contribution in [1.29, 1.82) is 0 Å². The van der Waals surface area contributed by atoms with Gasteiger partial charge in [-0.05, 0) is 42.8 Å². The molecule has 0 fully saturated rings. The molecular formula is C15H12Cl2O2. The first-order valence-corrected chi connectivity index (χ1v) is 6.43. The maximum absolute atomic E-state index is 11.4. The van der Waals surface area contributed by atoms with Gasteiger partial charge in [0.05, 0.1) is 12.1 Å². The van der Waals surface area contributed by atoms with Crippen LogP contribution >= 0.6 is 23.2 Å². The number of hydrogen-bond donors (Lipinski definition) is 0. The molecule has 2 aromatic carbocycles. The molecule has 0 aliphatic rings. The van der Waals surface area contributed by atoms with Gasteiger partial charge < -0.3 is 4.74 Å². The molecule has 0 heterocycles. The molecule has 19 heavy (non-hydrogen) atoms. The minimum absolute atomic E-state index is 0.0605. The van der Waals surface area contributed by atoms with Gasteiger partial charge in [0.2, 0.25) is 0 Å². The molecule has 0 saturated heterocycles. The van der Waals surface area contributed by atoms with Crippen LogP contribution in [0.15, 0.2) is 36.4 Å². The zero-order chi connectivity index (χ0) is 14.0. The highest BCUT2D eigenvalue weighted by atomic mass is 35.5. The molecule has 2 rings (SSSR count). The Labute approximate surface area is 121 Å². The van der Waals surface area contributed by atoms with Crippen LogP contribution in [0.1, 0.15) is 17.3 Å². The van der Waals surface area contributed by atoms with Crippen molar-refractivity contribution in [3.63, 3.8) is 0 Å². The van der Waals surface area contributed by atoms with Crippen LogP contribution in [0.5, 0.6) is 5.75 Å². The Hall–Kier alpha value is -1.51. The Balaban J connectivity index is 2.56. The number of ketones is 1. The van der Waals surface area contributed by atoms with Gasteiger partial charge in [-0.1, -0.05) is 29.3 Å². The second-order valence-corrected chi connectivity index (χ2v) is 4.94. The van der Waals surface area contributed by atoms with Gasteiger partial charge in [-0.3, -0.25) is 4.79 Å². The number of Topliss-reactive ketones (excluding diaryl/α,β-unsaturated/α-hetero) is 1. The summed E-state index contributed by atoms with van der Waals surface area (Å²) in [4.78, 5) is 11.4. The fraction of sp³-hybridized carbons (Fsp3) is 0.133. The second-order valence-electron chi connectivity index (χ2n) is 4.10. The maximum Gasteiger partial charge on any atom is 0.161 e. The van der Waals surface area contributed by atoms with E-state index >= 15 is 0 Å². The van der Waals surface area contributed by atoms with E-state index in [2.05, 4.69) is 0 Å². The third kappa shape index (κ3) is 2.91. The van der Waals surface area contributed by atoms with E-state index in [4.69, 9.17) is 27.9 Å². The molecule has 0 N–H and O–H groups in total. The minimum Gasteiger partial charge on any atom is -0.496 e. The van der Waals surface area contributed by atoms with Crippen LogP contribution in [-0.2, 0) is 0 Å². The van der Waals surface area contributed by atoms with Crippen LogP contribution in [0.25, 0.3) is 11.1 Å². The van der Waals surface area contributed by atoms with Gasteiger partial charge in [0.1, 0.15) is 5.75 Å². The maximum atomic E-state index is 11.4. The number of halogens is 2. The molecule has 98 valence electrons. The first-order valence-electron chi connectivity index (χ1n) is 5.67. The second kappa shape index (κ2) is 5.64. The van der Waals surface area contributed by atoms with Crippen molar-refractivity contribution in [3.8, 4) is 16.9 Å². The lowest BCUT2D eigenvalue weighted by molar-refractivity contribution is 0.101. The largest absolute Gasteiger partial charge is 0.496 e. The summed E-state index contributed by atoms with van der Waals surface area (Å²) in [6.07, 6.45) is 0. The quantitative estimate of drug-likeness (QED) is 0.755. The molecule has 0 spiro atoms. The number of benzene rings is 2. The first-order chi connectivity index (χ1) is 9.02. The molecule has 2 nitrogen and oxygen atoms in total. The summed E-state index contributed by atoms with van der Waals surface area (Å²) in [5.41, 5.74) is 2.20. The molecule has 0 aromatic heterocycles. The molecule has 0 radical (unpaired) electrons. The Morgan fingerprint density at radius 1 is 1.11 bits per heavy atom. The van der Waals surface area contributed by atoms with Crippen LogP contribution in [0.3, 0.4) is 0 Å². The summed E-state index contributed by atoms with van der Waals surface area (Å²) < 4.78 is 5.30. The monoisotopic (exact) mass is 294 g/mol. The van der Waals surface area contributed by atoms with Crippen LogP contribution in [0.2, 0.25) is 10.0 Å². The van der Waals surface area contributed by atoms with Crippen LogP contribution in [-0.4, -0.2) is 12.9 Å². The normalized spacial score (nSPS) is 10.3. The van der Waals surface area contributed by atoms with E-state index in [9.17, 15) is 4.79 Å². The Kier molecular flexibility index (Phi) is 4.13. The third-order valence-electron chi connectivity index (χ3n) is 2.82. The lowest BCUT2D eigenvalue weighted by Gasteiger charge is -2.10. The minimum atomic E-state index is -0.0605. The van der Waals surface area contributed by atoms with Crippen molar-refractivity contribution in [2.45, 2.75) is 6.92 Å². The lowest BCUT2D eigenvalue weighted by Crippen LogP contribution is -1.94. The van der Waals surface area contributed by atoms with Gasteiger partial charge in [0.15, 0.2) is 5.78 Å². The van der Waals surface area contributed by atoms with Gasteiger partial charge in [-0.25, -0.2) is 0 Å². The van der Waals surface area contributed by atoms with E-state index in [1.54, 1.807) is 37.4 Å². The number of hydrogen-bond acceptors (Lipinski definition) is 2. The van der Waals surface area contributed by atoms with E-state index in [1.165, 1.54) is 6.92 Å². The number of ether oxygens (including phenoxy) is 1. The molecule has 0 atom stereocenters. The molecule has 0 unspecified atom stereocenters. The number of carbonyl (C=O) groups is 1. The Bertz CT molecular complexity index is 636. The smallest absolute Gasteiger partial charge is 0.161 e. The summed E-state index contributed by atoms with van der Waals surface area (Å²) in [6, 6.07) is 10.6. The highest BCUT2D eigenvalue weighted by molar-refractivity contribution is 6.34. The van der Waals surface area contributed by atoms with Crippen molar-refractivity contribution in [3.05, 3.63) is 52.0 Å². The molecule has 0 saturated carbocycles. The zero-order valence-electron chi connectivity index (χ0n) is 10.5. The van der Waals surface area contributed by atoms with E-state index in [0.717, 1.165) is 11.1 Å². The van der Waals surface area contributed by atoms with Crippen molar-refractivity contribution >= 4 is 29.0 Å². The summed E-state index contributed by atoms with van der Waals surface area (Å²) >= 11 is 12.1. The fourth-order valence-electron chi connectivity index (χ4n) is 1.87. The molecule has 0 amide bonds. The highest BCUT2D eigenvalue weighted by Crippen LogP contribution is 2.34. The predicted octanol–water partition coefficient (Wildman–Crippen LogP) is 4.87. The van der Waals surface area contributed by atoms with Gasteiger partial charge >= 0.3 is 0 Å². The van der Waals surface area contributed by atoms with E-state index in [0.29, 0.717) is 21.4 Å². The van der Waals surface area contributed by atoms with E-state index in [-0.39, 0.29) is 5.78 Å². The van der Waals surface area contributed by atoms with E-state index < -0.39 is 0 Å². The van der Waals surface area contributed by atoms with Gasteiger partial charge in [0.25, 0.3) is 0 Å². The average molecular weight is 295 g/mol. The summed E-state index contributed by atoms with van der Waals surface area (Å²) in [5, 5.41) is 1.04. The van der Waals surface area contributed by atoms with Gasteiger partial charge in [0, 0.05) is 16.1 Å².